The molecule has 0 aliphatic carbocycles. The molecule has 0 amide bonds. The molecule has 3 heteroatoms. The fraction of sp³-hybridized carbons (Fsp3) is 0.278. The summed E-state index contributed by atoms with van der Waals surface area (Å²) < 4.78 is 10.6. The Morgan fingerprint density at radius 2 is 1.76 bits per heavy atom. The van der Waals surface area contributed by atoms with Crippen LogP contribution in [0.3, 0.4) is 0 Å². The molecule has 0 saturated carbocycles. The van der Waals surface area contributed by atoms with Gasteiger partial charge >= 0.3 is 5.97 Å². The smallest absolute Gasteiger partial charge is 0.316 e. The average molecular weight is 284 g/mol. The Morgan fingerprint density at radius 1 is 1.05 bits per heavy atom. The number of esters is 1. The maximum atomic E-state index is 12.3. The summed E-state index contributed by atoms with van der Waals surface area (Å²) in [6, 6.07) is 17.2. The fourth-order valence-electron chi connectivity index (χ4n) is 2.06. The maximum Gasteiger partial charge on any atom is 0.316 e. The number of carbonyl (C=O) groups is 1. The van der Waals surface area contributed by atoms with Crippen molar-refractivity contribution in [3.8, 4) is 5.75 Å². The van der Waals surface area contributed by atoms with Crippen LogP contribution < -0.4 is 4.74 Å². The Morgan fingerprint density at radius 3 is 2.43 bits per heavy atom. The third-order valence-corrected chi connectivity index (χ3v) is 3.51. The number of hydrogen-bond donors (Lipinski definition) is 0. The van der Waals surface area contributed by atoms with Crippen molar-refractivity contribution in [2.75, 3.05) is 7.11 Å². The number of ether oxygens (including phenoxy) is 2. The highest BCUT2D eigenvalue weighted by Gasteiger charge is 2.31. The van der Waals surface area contributed by atoms with Gasteiger partial charge in [0.1, 0.15) is 12.4 Å². The molecule has 0 aromatic heterocycles. The van der Waals surface area contributed by atoms with Crippen LogP contribution in [0.5, 0.6) is 5.75 Å². The minimum absolute atomic E-state index is 0.239. The number of methoxy groups -OCH3 is 1. The molecule has 0 aliphatic heterocycles. The summed E-state index contributed by atoms with van der Waals surface area (Å²) in [4.78, 5) is 12.3. The van der Waals surface area contributed by atoms with Crippen LogP contribution in [0, 0.1) is 0 Å². The van der Waals surface area contributed by atoms with Gasteiger partial charge in [-0.05, 0) is 37.1 Å². The first-order valence-corrected chi connectivity index (χ1v) is 6.89. The van der Waals surface area contributed by atoms with Gasteiger partial charge in [-0.1, -0.05) is 42.5 Å². The monoisotopic (exact) mass is 284 g/mol. The van der Waals surface area contributed by atoms with Crippen molar-refractivity contribution in [1.82, 2.24) is 0 Å². The fourth-order valence-corrected chi connectivity index (χ4v) is 2.06. The van der Waals surface area contributed by atoms with E-state index in [1.165, 1.54) is 0 Å². The Labute approximate surface area is 125 Å². The van der Waals surface area contributed by atoms with E-state index in [4.69, 9.17) is 9.47 Å². The number of carbonyl (C=O) groups excluding carboxylic acids is 1. The normalized spacial score (nSPS) is 11.0. The highest BCUT2D eigenvalue weighted by molar-refractivity contribution is 5.82. The van der Waals surface area contributed by atoms with Crippen molar-refractivity contribution in [3.05, 3.63) is 65.7 Å². The summed E-state index contributed by atoms with van der Waals surface area (Å²) in [5.74, 6) is 0.516. The Hall–Kier alpha value is -2.29. The van der Waals surface area contributed by atoms with E-state index in [-0.39, 0.29) is 12.6 Å². The molecule has 0 unspecified atom stereocenters. The first kappa shape index (κ1) is 15.1. The summed E-state index contributed by atoms with van der Waals surface area (Å²) in [5, 5.41) is 0. The van der Waals surface area contributed by atoms with Crippen LogP contribution in [0.2, 0.25) is 0 Å². The average Bonchev–Trinajstić information content (AvgIpc) is 2.53. The zero-order valence-electron chi connectivity index (χ0n) is 12.6. The molecule has 3 nitrogen and oxygen atoms in total. The molecular formula is C18H20O3. The van der Waals surface area contributed by atoms with Gasteiger partial charge < -0.3 is 9.47 Å². The van der Waals surface area contributed by atoms with Gasteiger partial charge in [-0.3, -0.25) is 4.79 Å². The molecule has 2 rings (SSSR count). The van der Waals surface area contributed by atoms with E-state index in [0.29, 0.717) is 0 Å². The van der Waals surface area contributed by atoms with Gasteiger partial charge in [-0.2, -0.15) is 0 Å². The molecule has 0 atom stereocenters. The number of hydrogen-bond acceptors (Lipinski definition) is 3. The van der Waals surface area contributed by atoms with Crippen LogP contribution in [-0.2, 0) is 21.6 Å². The third-order valence-electron chi connectivity index (χ3n) is 3.51. The van der Waals surface area contributed by atoms with Crippen LogP contribution >= 0.6 is 0 Å². The van der Waals surface area contributed by atoms with Crippen LogP contribution in [-0.4, -0.2) is 13.1 Å². The Balaban J connectivity index is 2.04. The zero-order chi connectivity index (χ0) is 15.3. The Kier molecular flexibility index (Phi) is 4.63. The highest BCUT2D eigenvalue weighted by Crippen LogP contribution is 2.25. The summed E-state index contributed by atoms with van der Waals surface area (Å²) in [7, 11) is 1.61. The standard InChI is InChI=1S/C18H20O3/c1-18(2,15-9-5-4-6-10-15)17(19)21-13-14-8-7-11-16(12-14)20-3/h4-12H,13H2,1-3H3. The van der Waals surface area contributed by atoms with Gasteiger partial charge in [0.05, 0.1) is 12.5 Å². The zero-order valence-corrected chi connectivity index (χ0v) is 12.6. The van der Waals surface area contributed by atoms with Crippen LogP contribution in [0.25, 0.3) is 0 Å². The van der Waals surface area contributed by atoms with Crippen molar-refractivity contribution in [1.29, 1.82) is 0 Å². The molecule has 110 valence electrons. The van der Waals surface area contributed by atoms with E-state index in [1.54, 1.807) is 7.11 Å². The van der Waals surface area contributed by atoms with E-state index in [2.05, 4.69) is 0 Å². The summed E-state index contributed by atoms with van der Waals surface area (Å²) in [6.07, 6.45) is 0. The van der Waals surface area contributed by atoms with Crippen LogP contribution in [0.4, 0.5) is 0 Å². The highest BCUT2D eigenvalue weighted by atomic mass is 16.5. The van der Waals surface area contributed by atoms with Crippen molar-refractivity contribution in [3.63, 3.8) is 0 Å². The largest absolute Gasteiger partial charge is 0.497 e. The molecule has 0 aliphatic rings. The first-order chi connectivity index (χ1) is 10.0. The Bertz CT molecular complexity index is 603. The molecule has 0 saturated heterocycles. The molecule has 0 heterocycles. The lowest BCUT2D eigenvalue weighted by atomic mass is 9.85. The van der Waals surface area contributed by atoms with Gasteiger partial charge in [0.2, 0.25) is 0 Å². The van der Waals surface area contributed by atoms with E-state index >= 15 is 0 Å². The molecule has 2 aromatic rings. The molecule has 0 N–H and O–H groups in total. The van der Waals surface area contributed by atoms with Gasteiger partial charge in [-0.25, -0.2) is 0 Å². The molecule has 21 heavy (non-hydrogen) atoms. The van der Waals surface area contributed by atoms with Crippen LogP contribution in [0.15, 0.2) is 54.6 Å². The number of benzene rings is 2. The third kappa shape index (κ3) is 3.63. The number of rotatable bonds is 5. The molecule has 0 spiro atoms. The predicted molar refractivity (Wildman–Crippen MR) is 82.3 cm³/mol. The lowest BCUT2D eigenvalue weighted by Crippen LogP contribution is -2.30. The van der Waals surface area contributed by atoms with E-state index in [0.717, 1.165) is 16.9 Å². The second kappa shape index (κ2) is 6.44. The van der Waals surface area contributed by atoms with Gasteiger partial charge in [0, 0.05) is 0 Å². The minimum Gasteiger partial charge on any atom is -0.497 e. The molecule has 0 bridgehead atoms. The molecule has 0 fully saturated rings. The van der Waals surface area contributed by atoms with Crippen molar-refractivity contribution >= 4 is 5.97 Å². The molecular weight excluding hydrogens is 264 g/mol. The van der Waals surface area contributed by atoms with E-state index < -0.39 is 5.41 Å². The summed E-state index contributed by atoms with van der Waals surface area (Å²) >= 11 is 0. The van der Waals surface area contributed by atoms with E-state index in [1.807, 2.05) is 68.4 Å². The van der Waals surface area contributed by atoms with Crippen molar-refractivity contribution in [2.24, 2.45) is 0 Å². The topological polar surface area (TPSA) is 35.5 Å². The second-order valence-corrected chi connectivity index (χ2v) is 5.42. The van der Waals surface area contributed by atoms with Gasteiger partial charge in [0.15, 0.2) is 0 Å². The quantitative estimate of drug-likeness (QED) is 0.785. The van der Waals surface area contributed by atoms with Crippen molar-refractivity contribution < 1.29 is 14.3 Å². The minimum atomic E-state index is -0.667. The van der Waals surface area contributed by atoms with Crippen LogP contribution in [0.1, 0.15) is 25.0 Å². The van der Waals surface area contributed by atoms with Gasteiger partial charge in [-0.15, -0.1) is 0 Å². The van der Waals surface area contributed by atoms with E-state index in [9.17, 15) is 4.79 Å². The summed E-state index contributed by atoms with van der Waals surface area (Å²) in [6.45, 7) is 3.98. The SMILES string of the molecule is COc1cccc(COC(=O)C(C)(C)c2ccccc2)c1. The first-order valence-electron chi connectivity index (χ1n) is 6.89. The lowest BCUT2D eigenvalue weighted by molar-refractivity contribution is -0.150. The van der Waals surface area contributed by atoms with Crippen molar-refractivity contribution in [2.45, 2.75) is 25.9 Å². The van der Waals surface area contributed by atoms with Gasteiger partial charge in [0.25, 0.3) is 0 Å². The summed E-state index contributed by atoms with van der Waals surface area (Å²) in [5.41, 5.74) is 1.19. The lowest BCUT2D eigenvalue weighted by Gasteiger charge is -2.23. The molecule has 0 radical (unpaired) electrons. The second-order valence-electron chi connectivity index (χ2n) is 5.42. The maximum absolute atomic E-state index is 12.3. The molecule has 2 aromatic carbocycles. The predicted octanol–water partition coefficient (Wildman–Crippen LogP) is 3.72.